The highest BCUT2D eigenvalue weighted by molar-refractivity contribution is 8.00. The predicted molar refractivity (Wildman–Crippen MR) is 97.8 cm³/mol. The molecule has 0 saturated heterocycles. The van der Waals surface area contributed by atoms with Gasteiger partial charge in [0.1, 0.15) is 5.03 Å². The lowest BCUT2D eigenvalue weighted by Crippen LogP contribution is -2.13. The van der Waals surface area contributed by atoms with Crippen LogP contribution < -0.4 is 4.74 Å². The minimum absolute atomic E-state index is 0.000171. The average Bonchev–Trinajstić information content (AvgIpc) is 3.37. The second kappa shape index (κ2) is 7.46. The van der Waals surface area contributed by atoms with Crippen LogP contribution in [0.25, 0.3) is 11.1 Å². The van der Waals surface area contributed by atoms with E-state index in [1.54, 1.807) is 24.0 Å². The Bertz CT molecular complexity index is 849. The number of benzene rings is 1. The standard InChI is InChI=1S/C20H19F2NO3S/c21-16-8-11(14-5-2-6-23-19(14)27-13-3-1-4-13)9-17(22)18(16)26-10-12-7-15(12)20(24)25/h2,5-6,8-9,12-13,15H,1,3-4,7,10H2,(H,24,25). The van der Waals surface area contributed by atoms with Crippen LogP contribution in [-0.2, 0) is 4.79 Å². The maximum atomic E-state index is 14.5. The molecule has 1 heterocycles. The SMILES string of the molecule is O=C(O)C1CC1COc1c(F)cc(-c2cccnc2SC2CCC2)cc1F. The van der Waals surface area contributed by atoms with Crippen molar-refractivity contribution in [3.8, 4) is 16.9 Å². The van der Waals surface area contributed by atoms with Crippen LogP contribution in [0.3, 0.4) is 0 Å². The molecule has 0 spiro atoms. The molecule has 2 unspecified atom stereocenters. The first-order valence-corrected chi connectivity index (χ1v) is 9.87. The van der Waals surface area contributed by atoms with Crippen LogP contribution in [-0.4, -0.2) is 27.9 Å². The molecule has 4 nitrogen and oxygen atoms in total. The van der Waals surface area contributed by atoms with Gasteiger partial charge >= 0.3 is 5.97 Å². The summed E-state index contributed by atoms with van der Waals surface area (Å²) in [5.74, 6) is -3.59. The Hall–Kier alpha value is -2.15. The van der Waals surface area contributed by atoms with Crippen molar-refractivity contribution in [2.75, 3.05) is 6.61 Å². The van der Waals surface area contributed by atoms with Crippen molar-refractivity contribution >= 4 is 17.7 Å². The van der Waals surface area contributed by atoms with Gasteiger partial charge in [-0.2, -0.15) is 0 Å². The quantitative estimate of drug-likeness (QED) is 0.737. The van der Waals surface area contributed by atoms with Crippen LogP contribution in [0, 0.1) is 23.5 Å². The monoisotopic (exact) mass is 391 g/mol. The number of ether oxygens (including phenoxy) is 1. The number of pyridine rings is 1. The molecule has 0 aliphatic heterocycles. The van der Waals surface area contributed by atoms with Crippen molar-refractivity contribution in [2.45, 2.75) is 36.0 Å². The van der Waals surface area contributed by atoms with Gasteiger partial charge in [-0.3, -0.25) is 4.79 Å². The van der Waals surface area contributed by atoms with Crippen molar-refractivity contribution < 1.29 is 23.4 Å². The van der Waals surface area contributed by atoms with Gasteiger partial charge in [-0.05, 0) is 43.0 Å². The fourth-order valence-corrected chi connectivity index (χ4v) is 4.45. The van der Waals surface area contributed by atoms with E-state index in [4.69, 9.17) is 9.84 Å². The average molecular weight is 391 g/mol. The summed E-state index contributed by atoms with van der Waals surface area (Å²) >= 11 is 1.65. The lowest BCUT2D eigenvalue weighted by molar-refractivity contribution is -0.138. The molecule has 1 aromatic carbocycles. The van der Waals surface area contributed by atoms with Crippen LogP contribution in [0.2, 0.25) is 0 Å². The number of nitrogens with zero attached hydrogens (tertiary/aromatic N) is 1. The molecule has 2 aromatic rings. The number of carbonyl (C=O) groups is 1. The molecular formula is C20H19F2NO3S. The van der Waals surface area contributed by atoms with Gasteiger partial charge in [-0.15, -0.1) is 11.8 Å². The van der Waals surface area contributed by atoms with E-state index in [9.17, 15) is 13.6 Å². The number of hydrogen-bond acceptors (Lipinski definition) is 4. The Kier molecular flexibility index (Phi) is 5.04. The molecule has 0 amide bonds. The molecular weight excluding hydrogens is 372 g/mol. The van der Waals surface area contributed by atoms with Crippen molar-refractivity contribution in [1.29, 1.82) is 0 Å². The molecule has 2 fully saturated rings. The molecule has 0 radical (unpaired) electrons. The van der Waals surface area contributed by atoms with Crippen LogP contribution >= 0.6 is 11.8 Å². The van der Waals surface area contributed by atoms with Crippen molar-refractivity contribution in [1.82, 2.24) is 4.98 Å². The summed E-state index contributed by atoms with van der Waals surface area (Å²) in [7, 11) is 0. The maximum absolute atomic E-state index is 14.5. The predicted octanol–water partition coefficient (Wildman–Crippen LogP) is 4.77. The van der Waals surface area contributed by atoms with Gasteiger partial charge in [0.05, 0.1) is 12.5 Å². The number of hydrogen-bond donors (Lipinski definition) is 1. The Balaban J connectivity index is 1.52. The zero-order valence-corrected chi connectivity index (χ0v) is 15.3. The molecule has 1 aromatic heterocycles. The van der Waals surface area contributed by atoms with Crippen molar-refractivity contribution in [3.63, 3.8) is 0 Å². The van der Waals surface area contributed by atoms with Crippen LogP contribution in [0.4, 0.5) is 8.78 Å². The number of aromatic nitrogens is 1. The fraction of sp³-hybridized carbons (Fsp3) is 0.400. The van der Waals surface area contributed by atoms with Gasteiger partial charge < -0.3 is 9.84 Å². The topological polar surface area (TPSA) is 59.4 Å². The zero-order valence-electron chi connectivity index (χ0n) is 14.5. The first-order chi connectivity index (χ1) is 13.0. The van der Waals surface area contributed by atoms with E-state index >= 15 is 0 Å². The van der Waals surface area contributed by atoms with E-state index in [-0.39, 0.29) is 12.5 Å². The van der Waals surface area contributed by atoms with Crippen LogP contribution in [0.15, 0.2) is 35.5 Å². The summed E-state index contributed by atoms with van der Waals surface area (Å²) in [6.07, 6.45) is 5.64. The minimum Gasteiger partial charge on any atom is -0.487 e. The smallest absolute Gasteiger partial charge is 0.306 e. The molecule has 2 saturated carbocycles. The third kappa shape index (κ3) is 3.93. The second-order valence-electron chi connectivity index (χ2n) is 7.05. The van der Waals surface area contributed by atoms with E-state index in [2.05, 4.69) is 4.98 Å². The largest absolute Gasteiger partial charge is 0.487 e. The number of carboxylic acid groups (broad SMARTS) is 1. The summed E-state index contributed by atoms with van der Waals surface area (Å²) in [5, 5.41) is 10.2. The zero-order chi connectivity index (χ0) is 19.0. The lowest BCUT2D eigenvalue weighted by atomic mass is 10.00. The maximum Gasteiger partial charge on any atom is 0.306 e. The van der Waals surface area contributed by atoms with E-state index in [1.165, 1.54) is 18.6 Å². The molecule has 2 aliphatic carbocycles. The number of aliphatic carboxylic acids is 1. The number of carboxylic acids is 1. The van der Waals surface area contributed by atoms with E-state index in [0.717, 1.165) is 17.9 Å². The second-order valence-corrected chi connectivity index (χ2v) is 8.34. The summed E-state index contributed by atoms with van der Waals surface area (Å²) in [6.45, 7) is -0.000171. The highest BCUT2D eigenvalue weighted by Gasteiger charge is 2.43. The lowest BCUT2D eigenvalue weighted by Gasteiger charge is -2.25. The van der Waals surface area contributed by atoms with E-state index in [0.29, 0.717) is 22.8 Å². The van der Waals surface area contributed by atoms with Crippen molar-refractivity contribution in [2.24, 2.45) is 11.8 Å². The molecule has 142 valence electrons. The van der Waals surface area contributed by atoms with E-state index < -0.39 is 29.3 Å². The van der Waals surface area contributed by atoms with Gasteiger partial charge in [0.15, 0.2) is 17.4 Å². The highest BCUT2D eigenvalue weighted by Crippen LogP contribution is 2.41. The number of thioether (sulfide) groups is 1. The molecule has 4 rings (SSSR count). The van der Waals surface area contributed by atoms with Crippen LogP contribution in [0.5, 0.6) is 5.75 Å². The Morgan fingerprint density at radius 3 is 2.63 bits per heavy atom. The highest BCUT2D eigenvalue weighted by atomic mass is 32.2. The molecule has 1 N–H and O–H groups in total. The van der Waals surface area contributed by atoms with Crippen molar-refractivity contribution in [3.05, 3.63) is 42.1 Å². The summed E-state index contributed by atoms with van der Waals surface area (Å²) < 4.78 is 34.2. The van der Waals surface area contributed by atoms with Gasteiger partial charge in [-0.1, -0.05) is 12.5 Å². The normalized spacial score (nSPS) is 21.6. The Morgan fingerprint density at radius 2 is 2.04 bits per heavy atom. The van der Waals surface area contributed by atoms with Crippen LogP contribution in [0.1, 0.15) is 25.7 Å². The summed E-state index contributed by atoms with van der Waals surface area (Å²) in [6, 6.07) is 6.06. The number of halogens is 2. The molecule has 27 heavy (non-hydrogen) atoms. The molecule has 0 bridgehead atoms. The molecule has 7 heteroatoms. The van der Waals surface area contributed by atoms with Gasteiger partial charge in [-0.25, -0.2) is 13.8 Å². The van der Waals surface area contributed by atoms with E-state index in [1.807, 2.05) is 6.07 Å². The minimum atomic E-state index is -0.895. The molecule has 2 atom stereocenters. The number of rotatable bonds is 7. The fourth-order valence-electron chi connectivity index (χ4n) is 3.13. The van der Waals surface area contributed by atoms with Gasteiger partial charge in [0.25, 0.3) is 0 Å². The third-order valence-electron chi connectivity index (χ3n) is 5.09. The first-order valence-electron chi connectivity index (χ1n) is 8.99. The summed E-state index contributed by atoms with van der Waals surface area (Å²) in [5.41, 5.74) is 1.12. The molecule has 2 aliphatic rings. The Morgan fingerprint density at radius 1 is 1.30 bits per heavy atom. The Labute approximate surface area is 160 Å². The van der Waals surface area contributed by atoms with Gasteiger partial charge in [0.2, 0.25) is 0 Å². The third-order valence-corrected chi connectivity index (χ3v) is 6.45. The van der Waals surface area contributed by atoms with Gasteiger partial charge in [0, 0.05) is 22.9 Å². The summed E-state index contributed by atoms with van der Waals surface area (Å²) in [4.78, 5) is 15.2. The first kappa shape index (κ1) is 18.2.